The van der Waals surface area contributed by atoms with Crippen LogP contribution >= 0.6 is 11.3 Å². The number of hydrogen-bond acceptors (Lipinski definition) is 4. The molecule has 1 aromatic heterocycles. The number of benzene rings is 2. The van der Waals surface area contributed by atoms with Gasteiger partial charge in [-0.15, -0.1) is 11.3 Å². The number of hydrogen-bond donors (Lipinski definition) is 2. The monoisotopic (exact) mass is 311 g/mol. The Kier molecular flexibility index (Phi) is 4.46. The lowest BCUT2D eigenvalue weighted by atomic mass is 10.1. The molecule has 0 spiro atoms. The van der Waals surface area contributed by atoms with E-state index in [0.29, 0.717) is 18.7 Å². The summed E-state index contributed by atoms with van der Waals surface area (Å²) in [5, 5.41) is 2.95. The van der Waals surface area contributed by atoms with E-state index in [4.69, 9.17) is 5.73 Å². The first-order valence-electron chi connectivity index (χ1n) is 7.16. The normalized spacial score (nSPS) is 10.8. The molecule has 22 heavy (non-hydrogen) atoms. The second-order valence-electron chi connectivity index (χ2n) is 5.04. The fraction of sp³-hybridized carbons (Fsp3) is 0.176. The summed E-state index contributed by atoms with van der Waals surface area (Å²) in [5.41, 5.74) is 11.0. The minimum absolute atomic E-state index is 0.0949. The molecule has 0 aliphatic rings. The Balaban J connectivity index is 1.68. The van der Waals surface area contributed by atoms with E-state index >= 15 is 0 Å². The van der Waals surface area contributed by atoms with Gasteiger partial charge >= 0.3 is 0 Å². The van der Waals surface area contributed by atoms with Crippen LogP contribution in [0.15, 0.2) is 48.0 Å². The summed E-state index contributed by atoms with van der Waals surface area (Å²) in [6.07, 6.45) is 0.873. The van der Waals surface area contributed by atoms with Gasteiger partial charge in [-0.1, -0.05) is 30.3 Å². The Bertz CT molecular complexity index is 780. The maximum atomic E-state index is 12.3. The van der Waals surface area contributed by atoms with Crippen LogP contribution in [-0.4, -0.2) is 17.4 Å². The van der Waals surface area contributed by atoms with Crippen LogP contribution in [0.5, 0.6) is 0 Å². The number of carbonyl (C=O) groups is 1. The number of nitrogens with two attached hydrogens (primary N) is 1. The van der Waals surface area contributed by atoms with Crippen molar-refractivity contribution in [2.45, 2.75) is 13.0 Å². The molecular formula is C17H17N3OS. The van der Waals surface area contributed by atoms with Gasteiger partial charge in [-0.25, -0.2) is 4.98 Å². The van der Waals surface area contributed by atoms with Gasteiger partial charge in [0.15, 0.2) is 0 Å². The van der Waals surface area contributed by atoms with Gasteiger partial charge in [0.1, 0.15) is 0 Å². The van der Waals surface area contributed by atoms with Crippen molar-refractivity contribution < 1.29 is 4.79 Å². The lowest BCUT2D eigenvalue weighted by molar-refractivity contribution is 0.0952. The van der Waals surface area contributed by atoms with Gasteiger partial charge in [0, 0.05) is 6.54 Å². The van der Waals surface area contributed by atoms with Crippen molar-refractivity contribution in [3.8, 4) is 0 Å². The number of para-hydroxylation sites is 1. The molecule has 0 atom stereocenters. The third kappa shape index (κ3) is 3.16. The van der Waals surface area contributed by atoms with Crippen LogP contribution in [-0.2, 0) is 13.0 Å². The molecule has 5 heteroatoms. The quantitative estimate of drug-likeness (QED) is 0.761. The zero-order valence-corrected chi connectivity index (χ0v) is 12.9. The summed E-state index contributed by atoms with van der Waals surface area (Å²) >= 11 is 1.54. The van der Waals surface area contributed by atoms with Gasteiger partial charge in [0.25, 0.3) is 5.91 Å². The van der Waals surface area contributed by atoms with Crippen molar-refractivity contribution in [1.29, 1.82) is 0 Å². The molecule has 3 N–H and O–H groups in total. The number of amides is 1. The van der Waals surface area contributed by atoms with Crippen molar-refractivity contribution in [3.05, 3.63) is 64.7 Å². The van der Waals surface area contributed by atoms with Gasteiger partial charge in [-0.2, -0.15) is 0 Å². The van der Waals surface area contributed by atoms with E-state index in [1.54, 1.807) is 5.51 Å². The molecule has 3 aromatic rings. The van der Waals surface area contributed by atoms with Crippen molar-refractivity contribution in [2.24, 2.45) is 5.73 Å². The molecule has 0 aliphatic carbocycles. The van der Waals surface area contributed by atoms with Crippen LogP contribution in [0.25, 0.3) is 10.2 Å². The average Bonchev–Trinajstić information content (AvgIpc) is 3.02. The first kappa shape index (κ1) is 14.7. The first-order valence-corrected chi connectivity index (χ1v) is 8.04. The van der Waals surface area contributed by atoms with Gasteiger partial charge in [0.2, 0.25) is 0 Å². The van der Waals surface area contributed by atoms with Gasteiger partial charge in [-0.05, 0) is 36.2 Å². The van der Waals surface area contributed by atoms with E-state index in [-0.39, 0.29) is 5.91 Å². The third-order valence-corrected chi connectivity index (χ3v) is 4.31. The molecule has 1 heterocycles. The van der Waals surface area contributed by atoms with Crippen molar-refractivity contribution in [2.75, 3.05) is 6.54 Å². The highest BCUT2D eigenvalue weighted by atomic mass is 32.1. The molecule has 0 radical (unpaired) electrons. The molecular weight excluding hydrogens is 294 g/mol. The van der Waals surface area contributed by atoms with E-state index in [2.05, 4.69) is 22.4 Å². The standard InChI is InChI=1S/C17H17N3OS/c18-9-8-12-4-6-13(7-5-12)10-19-17(21)14-2-1-3-15-16(14)20-11-22-15/h1-7,11H,8-10,18H2,(H,19,21). The zero-order chi connectivity index (χ0) is 15.4. The molecule has 0 bridgehead atoms. The second-order valence-corrected chi connectivity index (χ2v) is 5.93. The fourth-order valence-corrected chi connectivity index (χ4v) is 3.04. The summed E-state index contributed by atoms with van der Waals surface area (Å²) in [6.45, 7) is 1.15. The molecule has 1 amide bonds. The number of fused-ring (bicyclic) bond motifs is 1. The fourth-order valence-electron chi connectivity index (χ4n) is 2.34. The van der Waals surface area contributed by atoms with E-state index in [1.807, 2.05) is 30.3 Å². The van der Waals surface area contributed by atoms with Crippen LogP contribution < -0.4 is 11.1 Å². The van der Waals surface area contributed by atoms with Crippen LogP contribution in [0.3, 0.4) is 0 Å². The summed E-state index contributed by atoms with van der Waals surface area (Å²) in [5.74, 6) is -0.0949. The predicted octanol–water partition coefficient (Wildman–Crippen LogP) is 2.73. The SMILES string of the molecule is NCCc1ccc(CNC(=O)c2cccc3scnc23)cc1. The highest BCUT2D eigenvalue weighted by Gasteiger charge is 2.11. The molecule has 0 fully saturated rings. The summed E-state index contributed by atoms with van der Waals surface area (Å²) in [4.78, 5) is 16.6. The summed E-state index contributed by atoms with van der Waals surface area (Å²) < 4.78 is 1.03. The van der Waals surface area contributed by atoms with Crippen molar-refractivity contribution >= 4 is 27.5 Å². The number of nitrogens with one attached hydrogen (secondary N) is 1. The lowest BCUT2D eigenvalue weighted by Gasteiger charge is -2.07. The maximum Gasteiger partial charge on any atom is 0.253 e. The van der Waals surface area contributed by atoms with Crippen LogP contribution in [0.4, 0.5) is 0 Å². The molecule has 2 aromatic carbocycles. The average molecular weight is 311 g/mol. The minimum Gasteiger partial charge on any atom is -0.348 e. The molecule has 0 unspecified atom stereocenters. The minimum atomic E-state index is -0.0949. The van der Waals surface area contributed by atoms with Gasteiger partial charge < -0.3 is 11.1 Å². The molecule has 3 rings (SSSR count). The Morgan fingerprint density at radius 2 is 1.91 bits per heavy atom. The maximum absolute atomic E-state index is 12.3. The molecule has 112 valence electrons. The van der Waals surface area contributed by atoms with E-state index in [1.165, 1.54) is 16.9 Å². The highest BCUT2D eigenvalue weighted by molar-refractivity contribution is 7.16. The highest BCUT2D eigenvalue weighted by Crippen LogP contribution is 2.21. The molecule has 0 saturated carbocycles. The topological polar surface area (TPSA) is 68.0 Å². The second kappa shape index (κ2) is 6.68. The Hall–Kier alpha value is -2.24. The smallest absolute Gasteiger partial charge is 0.253 e. The number of rotatable bonds is 5. The lowest BCUT2D eigenvalue weighted by Crippen LogP contribution is -2.23. The largest absolute Gasteiger partial charge is 0.348 e. The van der Waals surface area contributed by atoms with Gasteiger partial charge in [0.05, 0.1) is 21.3 Å². The van der Waals surface area contributed by atoms with Crippen LogP contribution in [0, 0.1) is 0 Å². The van der Waals surface area contributed by atoms with E-state index < -0.39 is 0 Å². The summed E-state index contributed by atoms with van der Waals surface area (Å²) in [6, 6.07) is 13.8. The van der Waals surface area contributed by atoms with Gasteiger partial charge in [-0.3, -0.25) is 4.79 Å². The number of nitrogens with zero attached hydrogens (tertiary/aromatic N) is 1. The van der Waals surface area contributed by atoms with Crippen molar-refractivity contribution in [3.63, 3.8) is 0 Å². The molecule has 4 nitrogen and oxygen atoms in total. The summed E-state index contributed by atoms with van der Waals surface area (Å²) in [7, 11) is 0. The molecule has 0 saturated heterocycles. The molecule has 0 aliphatic heterocycles. The van der Waals surface area contributed by atoms with Crippen molar-refractivity contribution in [1.82, 2.24) is 10.3 Å². The zero-order valence-electron chi connectivity index (χ0n) is 12.1. The number of thiazole rings is 1. The number of aromatic nitrogens is 1. The predicted molar refractivity (Wildman–Crippen MR) is 90.0 cm³/mol. The third-order valence-electron chi connectivity index (χ3n) is 3.51. The van der Waals surface area contributed by atoms with Crippen LogP contribution in [0.1, 0.15) is 21.5 Å². The van der Waals surface area contributed by atoms with E-state index in [9.17, 15) is 4.79 Å². The van der Waals surface area contributed by atoms with Crippen LogP contribution in [0.2, 0.25) is 0 Å². The number of carbonyl (C=O) groups excluding carboxylic acids is 1. The Morgan fingerprint density at radius 1 is 1.14 bits per heavy atom. The Labute approximate surface area is 133 Å². The first-order chi connectivity index (χ1) is 10.8. The Morgan fingerprint density at radius 3 is 2.68 bits per heavy atom. The van der Waals surface area contributed by atoms with E-state index in [0.717, 1.165) is 22.2 Å².